The molecule has 508 valence electrons. The number of allylic oxidation sites excluding steroid dienone is 22. The maximum absolute atomic E-state index is 12.9. The molecule has 9 nitrogen and oxygen atoms in total. The smallest absolute Gasteiger partial charge is 0.306 e. The van der Waals surface area contributed by atoms with Gasteiger partial charge in [0.25, 0.3) is 0 Å². The van der Waals surface area contributed by atoms with Crippen molar-refractivity contribution in [2.24, 2.45) is 0 Å². The fraction of sp³-hybridized carbons (Fsp3) is 0.688. The number of esters is 2. The van der Waals surface area contributed by atoms with Crippen molar-refractivity contribution in [3.8, 4) is 0 Å². The van der Waals surface area contributed by atoms with Gasteiger partial charge in [-0.2, -0.15) is 0 Å². The number of aliphatic carboxylic acids is 1. The van der Waals surface area contributed by atoms with Crippen LogP contribution in [-0.2, 0) is 33.3 Å². The molecule has 0 saturated carbocycles. The van der Waals surface area contributed by atoms with Gasteiger partial charge in [-0.15, -0.1) is 0 Å². The minimum atomic E-state index is -1.63. The van der Waals surface area contributed by atoms with Crippen LogP contribution in [-0.4, -0.2) is 82.3 Å². The second-order valence-corrected chi connectivity index (χ2v) is 25.1. The second-order valence-electron chi connectivity index (χ2n) is 25.1. The number of nitrogens with zero attached hydrogens (tertiary/aromatic N) is 1. The van der Waals surface area contributed by atoms with Crippen LogP contribution in [0.2, 0.25) is 0 Å². The van der Waals surface area contributed by atoms with Crippen LogP contribution in [0, 0.1) is 0 Å². The molecule has 2 unspecified atom stereocenters. The number of unbranched alkanes of at least 4 members (excludes halogenated alkanes) is 29. The molecule has 0 aromatic carbocycles. The van der Waals surface area contributed by atoms with Crippen LogP contribution in [0.25, 0.3) is 0 Å². The van der Waals surface area contributed by atoms with Gasteiger partial charge in [0.15, 0.2) is 12.4 Å². The Morgan fingerprint density at radius 2 is 0.607 bits per heavy atom. The highest BCUT2D eigenvalue weighted by molar-refractivity contribution is 5.70. The summed E-state index contributed by atoms with van der Waals surface area (Å²) in [6, 6.07) is 0. The van der Waals surface area contributed by atoms with Gasteiger partial charge in [-0.1, -0.05) is 308 Å². The zero-order valence-electron chi connectivity index (χ0n) is 58.0. The van der Waals surface area contributed by atoms with Crippen molar-refractivity contribution in [1.82, 2.24) is 0 Å². The van der Waals surface area contributed by atoms with Crippen LogP contribution < -0.4 is 5.11 Å². The monoisotopic (exact) mass is 1240 g/mol. The fourth-order valence-electron chi connectivity index (χ4n) is 9.92. The van der Waals surface area contributed by atoms with Gasteiger partial charge in [-0.25, -0.2) is 0 Å². The predicted octanol–water partition coefficient (Wildman–Crippen LogP) is 21.6. The molecule has 0 saturated heterocycles. The highest BCUT2D eigenvalue weighted by Gasteiger charge is 2.22. The molecule has 2 atom stereocenters. The molecular weight excluding hydrogens is 1100 g/mol. The van der Waals surface area contributed by atoms with E-state index in [2.05, 4.69) is 148 Å². The van der Waals surface area contributed by atoms with Crippen molar-refractivity contribution < 1.29 is 42.9 Å². The molecule has 0 rings (SSSR count). The van der Waals surface area contributed by atoms with Gasteiger partial charge in [0.2, 0.25) is 0 Å². The Kier molecular flexibility index (Phi) is 65.8. The van der Waals surface area contributed by atoms with Crippen molar-refractivity contribution in [2.45, 2.75) is 309 Å². The minimum absolute atomic E-state index is 0.142. The number of quaternary nitrogens is 1. The first-order valence-electron chi connectivity index (χ1n) is 36.3. The van der Waals surface area contributed by atoms with Crippen molar-refractivity contribution in [3.63, 3.8) is 0 Å². The van der Waals surface area contributed by atoms with Crippen molar-refractivity contribution in [1.29, 1.82) is 0 Å². The third-order valence-corrected chi connectivity index (χ3v) is 15.4. The van der Waals surface area contributed by atoms with Crippen molar-refractivity contribution in [3.05, 3.63) is 134 Å². The fourth-order valence-corrected chi connectivity index (χ4v) is 9.92. The van der Waals surface area contributed by atoms with Crippen molar-refractivity contribution in [2.75, 3.05) is 47.5 Å². The number of carbonyl (C=O) groups is 3. The maximum atomic E-state index is 12.9. The lowest BCUT2D eigenvalue weighted by Gasteiger charge is -2.26. The quantitative estimate of drug-likeness (QED) is 0.0195. The molecule has 9 heteroatoms. The average molecular weight is 1240 g/mol. The summed E-state index contributed by atoms with van der Waals surface area (Å²) in [5.74, 6) is -2.29. The summed E-state index contributed by atoms with van der Waals surface area (Å²) < 4.78 is 22.8. The summed E-state index contributed by atoms with van der Waals surface area (Å²) in [7, 11) is 5.93. The molecule has 0 spiro atoms. The Morgan fingerprint density at radius 1 is 0.337 bits per heavy atom. The van der Waals surface area contributed by atoms with Gasteiger partial charge in [-0.3, -0.25) is 9.59 Å². The Labute approximate surface area is 548 Å². The molecular formula is C80H135NO8. The first-order valence-corrected chi connectivity index (χ1v) is 36.3. The van der Waals surface area contributed by atoms with E-state index in [9.17, 15) is 19.5 Å². The normalized spacial score (nSPS) is 13.5. The summed E-state index contributed by atoms with van der Waals surface area (Å²) >= 11 is 0. The van der Waals surface area contributed by atoms with Gasteiger partial charge in [0.1, 0.15) is 13.2 Å². The third kappa shape index (κ3) is 70.7. The van der Waals surface area contributed by atoms with Crippen LogP contribution in [0.15, 0.2) is 134 Å². The summed E-state index contributed by atoms with van der Waals surface area (Å²) in [6.07, 6.45) is 96.8. The summed E-state index contributed by atoms with van der Waals surface area (Å²) in [5, 5.41) is 11.8. The summed E-state index contributed by atoms with van der Waals surface area (Å²) in [6.45, 7) is 4.53. The molecule has 0 bridgehead atoms. The van der Waals surface area contributed by atoms with E-state index in [4.69, 9.17) is 18.9 Å². The molecule has 0 aliphatic carbocycles. The van der Waals surface area contributed by atoms with E-state index >= 15 is 0 Å². The van der Waals surface area contributed by atoms with Gasteiger partial charge in [-0.05, 0) is 109 Å². The van der Waals surface area contributed by atoms with Gasteiger partial charge in [0, 0.05) is 12.8 Å². The predicted molar refractivity (Wildman–Crippen MR) is 379 cm³/mol. The minimum Gasteiger partial charge on any atom is -0.545 e. The molecule has 0 aromatic heterocycles. The van der Waals surface area contributed by atoms with Crippen LogP contribution in [0.1, 0.15) is 296 Å². The Morgan fingerprint density at radius 3 is 0.899 bits per heavy atom. The number of carbonyl (C=O) groups excluding carboxylic acids is 3. The number of likely N-dealkylation sites (N-methyl/N-ethyl adjacent to an activating group) is 1. The maximum Gasteiger partial charge on any atom is 0.306 e. The molecule has 0 aromatic rings. The largest absolute Gasteiger partial charge is 0.545 e. The number of carboxylic acids is 1. The van der Waals surface area contributed by atoms with E-state index in [1.54, 1.807) is 0 Å². The lowest BCUT2D eigenvalue weighted by molar-refractivity contribution is -0.870. The van der Waals surface area contributed by atoms with Crippen LogP contribution in [0.4, 0.5) is 0 Å². The average Bonchev–Trinajstić information content (AvgIpc) is 3.64. The van der Waals surface area contributed by atoms with Gasteiger partial charge < -0.3 is 33.3 Å². The van der Waals surface area contributed by atoms with Crippen LogP contribution in [0.3, 0.4) is 0 Å². The Hall–Kier alpha value is -4.57. The molecule has 89 heavy (non-hydrogen) atoms. The number of carboxylic acid groups (broad SMARTS) is 1. The Balaban J connectivity index is 4.11. The highest BCUT2D eigenvalue weighted by Crippen LogP contribution is 2.17. The van der Waals surface area contributed by atoms with E-state index in [-0.39, 0.29) is 38.6 Å². The van der Waals surface area contributed by atoms with Crippen molar-refractivity contribution >= 4 is 17.9 Å². The van der Waals surface area contributed by atoms with E-state index in [0.717, 1.165) is 116 Å². The second kappa shape index (κ2) is 69.3. The molecule has 0 aliphatic heterocycles. The molecule has 0 heterocycles. The highest BCUT2D eigenvalue weighted by atomic mass is 16.7. The summed E-state index contributed by atoms with van der Waals surface area (Å²) in [4.78, 5) is 37.5. The lowest BCUT2D eigenvalue weighted by atomic mass is 10.0. The third-order valence-electron chi connectivity index (χ3n) is 15.4. The molecule has 0 amide bonds. The number of rotatable bonds is 66. The first-order chi connectivity index (χ1) is 43.6. The van der Waals surface area contributed by atoms with E-state index < -0.39 is 24.3 Å². The van der Waals surface area contributed by atoms with E-state index in [1.807, 2.05) is 21.1 Å². The zero-order chi connectivity index (χ0) is 64.7. The van der Waals surface area contributed by atoms with Gasteiger partial charge in [0.05, 0.1) is 40.3 Å². The van der Waals surface area contributed by atoms with Crippen LogP contribution in [0.5, 0.6) is 0 Å². The summed E-state index contributed by atoms with van der Waals surface area (Å²) in [5.41, 5.74) is 0. The first kappa shape index (κ1) is 84.4. The molecule has 0 fully saturated rings. The lowest BCUT2D eigenvalue weighted by Crippen LogP contribution is -2.44. The standard InChI is InChI=1S/C80H135NO8/c1-6-8-10-12-14-16-18-20-22-24-26-28-30-32-34-36-38-39-41-42-44-46-48-50-52-54-56-58-60-62-64-66-68-70-77(82)87-74-76(75-88-80(79(84)85)86-73-72-81(3,4)5)89-78(83)71-69-67-65-63-61-59-57-55-53-51-49-47-45-43-40-37-35-33-31-29-27-25-23-21-19-17-15-13-11-9-7-2/h8-11,14-17,20-23,26-29,33,35,40,43,47,49,76,80H,6-7,12-13,18-19,24-25,30-32,34,36-39,41-42,44-46,48,50-75H2,1-5H3/b10-8-,11-9-,16-14-,17-15-,22-20-,23-21-,28-26-,29-27-,35-33-,43-40-,49-47-. The number of hydrogen-bond donors (Lipinski definition) is 0. The zero-order valence-corrected chi connectivity index (χ0v) is 58.0. The topological polar surface area (TPSA) is 111 Å². The molecule has 0 aliphatic rings. The SMILES string of the molecule is CC/C=C\C/C=C\C/C=C\C/C=C\C/C=C\C/C=C\C/C=C\CCCCCCCCCCCC(=O)OC(COC(=O)CCCCCCCCCCCCCCCCCCCCCC/C=C\C/C=C\C/C=C\C/C=C\CC)COC(OCC[N+](C)(C)C)C(=O)[O-]. The number of hydrogen-bond acceptors (Lipinski definition) is 8. The molecule has 0 N–H and O–H groups in total. The molecule has 0 radical (unpaired) electrons. The Bertz CT molecular complexity index is 1930. The van der Waals surface area contributed by atoms with Gasteiger partial charge >= 0.3 is 11.9 Å². The van der Waals surface area contributed by atoms with Crippen LogP contribution >= 0.6 is 0 Å². The van der Waals surface area contributed by atoms with E-state index in [1.165, 1.54) is 148 Å². The number of ether oxygens (including phenoxy) is 4. The van der Waals surface area contributed by atoms with E-state index in [0.29, 0.717) is 17.4 Å².